The van der Waals surface area contributed by atoms with Crippen LogP contribution >= 0.6 is 12.2 Å². The maximum Gasteiger partial charge on any atom is 0.306 e. The fourth-order valence-electron chi connectivity index (χ4n) is 2.40. The van der Waals surface area contributed by atoms with Crippen LogP contribution in [-0.2, 0) is 4.79 Å². The largest absolute Gasteiger partial charge is 0.481 e. The molecule has 5 nitrogen and oxygen atoms in total. The number of amides is 1. The van der Waals surface area contributed by atoms with Gasteiger partial charge in [0.15, 0.2) is 5.11 Å². The Kier molecular flexibility index (Phi) is 4.90. The Morgan fingerprint density at radius 2 is 1.90 bits per heavy atom. The number of nitrogens with zero attached hydrogens (tertiary/aromatic N) is 1. The molecule has 0 aliphatic carbocycles. The maximum atomic E-state index is 12.2. The summed E-state index contributed by atoms with van der Waals surface area (Å²) >= 11 is 5.24. The summed E-state index contributed by atoms with van der Waals surface area (Å²) in [5.41, 5.74) is 1.49. The SMILES string of the molecule is Cc1ccccc1C(=O)NC(=S)N1CCC(C(=O)O)CC1. The van der Waals surface area contributed by atoms with E-state index in [9.17, 15) is 9.59 Å². The molecule has 1 heterocycles. The Bertz CT molecular complexity index is 566. The molecule has 1 aromatic rings. The Hall–Kier alpha value is -1.95. The van der Waals surface area contributed by atoms with Crippen LogP contribution in [0.5, 0.6) is 0 Å². The fraction of sp³-hybridized carbons (Fsp3) is 0.400. The highest BCUT2D eigenvalue weighted by Gasteiger charge is 2.26. The van der Waals surface area contributed by atoms with E-state index in [1.165, 1.54) is 0 Å². The summed E-state index contributed by atoms with van der Waals surface area (Å²) in [6.45, 7) is 2.99. The lowest BCUT2D eigenvalue weighted by atomic mass is 9.97. The predicted molar refractivity (Wildman–Crippen MR) is 83.2 cm³/mol. The van der Waals surface area contributed by atoms with Crippen molar-refractivity contribution in [1.29, 1.82) is 0 Å². The second-order valence-corrected chi connectivity index (χ2v) is 5.56. The van der Waals surface area contributed by atoms with Crippen LogP contribution in [0.1, 0.15) is 28.8 Å². The molecule has 1 aromatic carbocycles. The Balaban J connectivity index is 1.92. The lowest BCUT2D eigenvalue weighted by Crippen LogP contribution is -2.47. The molecule has 1 fully saturated rings. The van der Waals surface area contributed by atoms with Crippen molar-refractivity contribution in [2.75, 3.05) is 13.1 Å². The van der Waals surface area contributed by atoms with E-state index >= 15 is 0 Å². The van der Waals surface area contributed by atoms with Gasteiger partial charge in [-0.15, -0.1) is 0 Å². The quantitative estimate of drug-likeness (QED) is 0.816. The molecule has 112 valence electrons. The van der Waals surface area contributed by atoms with Gasteiger partial charge in [0.2, 0.25) is 0 Å². The average Bonchev–Trinajstić information content (AvgIpc) is 2.47. The van der Waals surface area contributed by atoms with Crippen LogP contribution in [0.4, 0.5) is 0 Å². The number of hydrogen-bond donors (Lipinski definition) is 2. The molecular weight excluding hydrogens is 288 g/mol. The number of aryl methyl sites for hydroxylation is 1. The van der Waals surface area contributed by atoms with Gasteiger partial charge >= 0.3 is 5.97 Å². The molecule has 0 aromatic heterocycles. The summed E-state index contributed by atoms with van der Waals surface area (Å²) < 4.78 is 0. The van der Waals surface area contributed by atoms with Gasteiger partial charge in [-0.25, -0.2) is 0 Å². The molecular formula is C15H18N2O3S. The number of carboxylic acid groups (broad SMARTS) is 1. The minimum absolute atomic E-state index is 0.224. The normalized spacial score (nSPS) is 15.6. The number of nitrogens with one attached hydrogen (secondary N) is 1. The molecule has 2 rings (SSSR count). The number of thiocarbonyl (C=S) groups is 1. The van der Waals surface area contributed by atoms with E-state index in [0.29, 0.717) is 36.6 Å². The smallest absolute Gasteiger partial charge is 0.306 e. The van der Waals surface area contributed by atoms with Gasteiger partial charge in [-0.1, -0.05) is 18.2 Å². The average molecular weight is 306 g/mol. The first-order valence-corrected chi connectivity index (χ1v) is 7.28. The molecule has 1 aliphatic rings. The summed E-state index contributed by atoms with van der Waals surface area (Å²) in [7, 11) is 0. The molecule has 0 unspecified atom stereocenters. The third-order valence-electron chi connectivity index (χ3n) is 3.74. The Morgan fingerprint density at radius 3 is 2.48 bits per heavy atom. The van der Waals surface area contributed by atoms with E-state index in [1.807, 2.05) is 30.0 Å². The molecule has 0 spiro atoms. The molecule has 1 amide bonds. The van der Waals surface area contributed by atoms with Crippen LogP contribution in [0.2, 0.25) is 0 Å². The van der Waals surface area contributed by atoms with E-state index in [2.05, 4.69) is 5.32 Å². The standard InChI is InChI=1S/C15H18N2O3S/c1-10-4-2-3-5-12(10)13(18)16-15(21)17-8-6-11(7-9-17)14(19)20/h2-5,11H,6-9H2,1H3,(H,19,20)(H,16,18,21). The third kappa shape index (κ3) is 3.78. The zero-order valence-electron chi connectivity index (χ0n) is 11.8. The highest BCUT2D eigenvalue weighted by atomic mass is 32.1. The second kappa shape index (κ2) is 6.67. The molecule has 0 bridgehead atoms. The van der Waals surface area contributed by atoms with Crippen LogP contribution in [0.25, 0.3) is 0 Å². The van der Waals surface area contributed by atoms with Crippen molar-refractivity contribution in [3.8, 4) is 0 Å². The number of benzene rings is 1. The second-order valence-electron chi connectivity index (χ2n) is 5.17. The van der Waals surface area contributed by atoms with Crippen molar-refractivity contribution < 1.29 is 14.7 Å². The lowest BCUT2D eigenvalue weighted by Gasteiger charge is -2.31. The minimum atomic E-state index is -0.760. The van der Waals surface area contributed by atoms with Crippen molar-refractivity contribution in [2.24, 2.45) is 5.92 Å². The minimum Gasteiger partial charge on any atom is -0.481 e. The van der Waals surface area contributed by atoms with Gasteiger partial charge in [0.05, 0.1) is 5.92 Å². The number of rotatable bonds is 2. The van der Waals surface area contributed by atoms with Crippen molar-refractivity contribution in [3.05, 3.63) is 35.4 Å². The maximum absolute atomic E-state index is 12.2. The highest BCUT2D eigenvalue weighted by molar-refractivity contribution is 7.80. The number of carboxylic acids is 1. The number of piperidine rings is 1. The van der Waals surface area contributed by atoms with E-state index in [1.54, 1.807) is 6.07 Å². The fourth-order valence-corrected chi connectivity index (χ4v) is 2.68. The first-order chi connectivity index (χ1) is 9.99. The molecule has 2 N–H and O–H groups in total. The van der Waals surface area contributed by atoms with E-state index in [-0.39, 0.29) is 11.8 Å². The summed E-state index contributed by atoms with van der Waals surface area (Å²) in [4.78, 5) is 24.9. The van der Waals surface area contributed by atoms with Gasteiger partial charge in [0, 0.05) is 18.7 Å². The van der Waals surface area contributed by atoms with Gasteiger partial charge in [0.25, 0.3) is 5.91 Å². The van der Waals surface area contributed by atoms with Crippen LogP contribution in [0.3, 0.4) is 0 Å². The molecule has 0 atom stereocenters. The zero-order chi connectivity index (χ0) is 15.4. The van der Waals surface area contributed by atoms with Gasteiger partial charge in [0.1, 0.15) is 0 Å². The van der Waals surface area contributed by atoms with Crippen molar-refractivity contribution in [3.63, 3.8) is 0 Å². The monoisotopic (exact) mass is 306 g/mol. The van der Waals surface area contributed by atoms with E-state index in [0.717, 1.165) is 5.56 Å². The first kappa shape index (κ1) is 15.4. The number of hydrogen-bond acceptors (Lipinski definition) is 3. The van der Waals surface area contributed by atoms with E-state index < -0.39 is 5.97 Å². The first-order valence-electron chi connectivity index (χ1n) is 6.87. The van der Waals surface area contributed by atoms with Crippen molar-refractivity contribution in [2.45, 2.75) is 19.8 Å². The van der Waals surface area contributed by atoms with Gasteiger partial charge in [-0.3, -0.25) is 14.9 Å². The summed E-state index contributed by atoms with van der Waals surface area (Å²) in [5.74, 6) is -1.29. The third-order valence-corrected chi connectivity index (χ3v) is 4.10. The van der Waals surface area contributed by atoms with Gasteiger partial charge in [-0.05, 0) is 43.6 Å². The molecule has 0 saturated carbocycles. The van der Waals surface area contributed by atoms with Crippen LogP contribution < -0.4 is 5.32 Å². The summed E-state index contributed by atoms with van der Waals surface area (Å²) in [5, 5.41) is 12.1. The lowest BCUT2D eigenvalue weighted by molar-refractivity contribution is -0.143. The molecule has 1 aliphatic heterocycles. The summed E-state index contributed by atoms with van der Waals surface area (Å²) in [6, 6.07) is 7.31. The van der Waals surface area contributed by atoms with Crippen LogP contribution in [-0.4, -0.2) is 40.1 Å². The summed E-state index contributed by atoms with van der Waals surface area (Å²) in [6.07, 6.45) is 1.10. The molecule has 21 heavy (non-hydrogen) atoms. The van der Waals surface area contributed by atoms with Crippen LogP contribution in [0.15, 0.2) is 24.3 Å². The molecule has 1 saturated heterocycles. The number of aliphatic carboxylic acids is 1. The van der Waals surface area contributed by atoms with Gasteiger partial charge < -0.3 is 10.0 Å². The zero-order valence-corrected chi connectivity index (χ0v) is 12.7. The number of carbonyl (C=O) groups is 2. The predicted octanol–water partition coefficient (Wildman–Crippen LogP) is 1.81. The van der Waals surface area contributed by atoms with E-state index in [4.69, 9.17) is 17.3 Å². The van der Waals surface area contributed by atoms with Crippen molar-refractivity contribution in [1.82, 2.24) is 10.2 Å². The number of likely N-dealkylation sites (tertiary alicyclic amines) is 1. The van der Waals surface area contributed by atoms with Crippen molar-refractivity contribution >= 4 is 29.2 Å². The molecule has 6 heteroatoms. The Morgan fingerprint density at radius 1 is 1.29 bits per heavy atom. The Labute approximate surface area is 128 Å². The van der Waals surface area contributed by atoms with Crippen LogP contribution in [0, 0.1) is 12.8 Å². The highest BCUT2D eigenvalue weighted by Crippen LogP contribution is 2.17. The van der Waals surface area contributed by atoms with Gasteiger partial charge in [-0.2, -0.15) is 0 Å². The molecule has 0 radical (unpaired) electrons. The topological polar surface area (TPSA) is 69.6 Å². The number of carbonyl (C=O) groups excluding carboxylic acids is 1.